The van der Waals surface area contributed by atoms with Gasteiger partial charge in [0, 0.05) is 23.7 Å². The van der Waals surface area contributed by atoms with Gasteiger partial charge in [-0.1, -0.05) is 36.4 Å². The first-order valence-corrected chi connectivity index (χ1v) is 8.99. The molecular weight excluding hydrogens is 400 g/mol. The smallest absolute Gasteiger partial charge is 0.259 e. The standard InChI is InChI=1S/C22H14F4N2O2/c23-14-11-15(24)19(26)20(18(14)25)27-21(29)17-10-13-8-4-5-9-16(13)28(17)22(30)12-6-2-1-3-7-12/h1-9,11,17H,10H2,(H,27,29). The van der Waals surface area contributed by atoms with E-state index in [1.54, 1.807) is 54.6 Å². The molecule has 0 spiro atoms. The van der Waals surface area contributed by atoms with E-state index in [4.69, 9.17) is 0 Å². The molecule has 0 saturated heterocycles. The minimum absolute atomic E-state index is 0.0526. The van der Waals surface area contributed by atoms with Gasteiger partial charge in [0.1, 0.15) is 11.7 Å². The third-order valence-corrected chi connectivity index (χ3v) is 4.88. The van der Waals surface area contributed by atoms with Gasteiger partial charge in [-0.15, -0.1) is 0 Å². The third-order valence-electron chi connectivity index (χ3n) is 4.88. The van der Waals surface area contributed by atoms with Crippen molar-refractivity contribution in [3.8, 4) is 0 Å². The van der Waals surface area contributed by atoms with Crippen LogP contribution in [0.15, 0.2) is 60.7 Å². The molecule has 0 saturated carbocycles. The molecule has 0 aliphatic carbocycles. The molecule has 1 aliphatic heterocycles. The van der Waals surface area contributed by atoms with Crippen molar-refractivity contribution < 1.29 is 27.2 Å². The first-order chi connectivity index (χ1) is 14.4. The van der Waals surface area contributed by atoms with E-state index in [9.17, 15) is 27.2 Å². The van der Waals surface area contributed by atoms with Crippen LogP contribution in [0.4, 0.5) is 28.9 Å². The Labute approximate surface area is 168 Å². The quantitative estimate of drug-likeness (QED) is 0.509. The predicted octanol–water partition coefficient (Wildman–Crippen LogP) is 4.45. The molecular formula is C22H14F4N2O2. The molecule has 3 aromatic rings. The summed E-state index contributed by atoms with van der Waals surface area (Å²) in [7, 11) is 0. The number of rotatable bonds is 3. The monoisotopic (exact) mass is 414 g/mol. The molecule has 0 radical (unpaired) electrons. The van der Waals surface area contributed by atoms with Crippen molar-refractivity contribution in [2.75, 3.05) is 10.2 Å². The van der Waals surface area contributed by atoms with Crippen LogP contribution in [0.2, 0.25) is 0 Å². The fourth-order valence-corrected chi connectivity index (χ4v) is 3.46. The third kappa shape index (κ3) is 3.30. The van der Waals surface area contributed by atoms with Gasteiger partial charge in [-0.3, -0.25) is 14.5 Å². The van der Waals surface area contributed by atoms with Gasteiger partial charge >= 0.3 is 0 Å². The molecule has 0 bridgehead atoms. The highest BCUT2D eigenvalue weighted by molar-refractivity contribution is 6.13. The van der Waals surface area contributed by atoms with Crippen LogP contribution in [-0.4, -0.2) is 17.9 Å². The lowest BCUT2D eigenvalue weighted by atomic mass is 10.1. The number of para-hydroxylation sites is 1. The highest BCUT2D eigenvalue weighted by atomic mass is 19.2. The number of anilines is 2. The van der Waals surface area contributed by atoms with Crippen LogP contribution in [-0.2, 0) is 11.2 Å². The molecule has 1 atom stereocenters. The molecule has 0 fully saturated rings. The van der Waals surface area contributed by atoms with Gasteiger partial charge in [0.15, 0.2) is 23.3 Å². The summed E-state index contributed by atoms with van der Waals surface area (Å²) < 4.78 is 55.0. The van der Waals surface area contributed by atoms with Crippen molar-refractivity contribution in [3.05, 3.63) is 95.1 Å². The molecule has 3 aromatic carbocycles. The Balaban J connectivity index is 1.71. The van der Waals surface area contributed by atoms with E-state index in [0.29, 0.717) is 16.8 Å². The van der Waals surface area contributed by atoms with Crippen LogP contribution < -0.4 is 10.2 Å². The van der Waals surface area contributed by atoms with Crippen molar-refractivity contribution in [2.24, 2.45) is 0 Å². The second kappa shape index (κ2) is 7.62. The highest BCUT2D eigenvalue weighted by Gasteiger charge is 2.39. The predicted molar refractivity (Wildman–Crippen MR) is 102 cm³/mol. The maximum Gasteiger partial charge on any atom is 0.259 e. The van der Waals surface area contributed by atoms with Crippen LogP contribution >= 0.6 is 0 Å². The lowest BCUT2D eigenvalue weighted by Crippen LogP contribution is -2.45. The average molecular weight is 414 g/mol. The topological polar surface area (TPSA) is 49.4 Å². The van der Waals surface area contributed by atoms with E-state index in [-0.39, 0.29) is 12.5 Å². The summed E-state index contributed by atoms with van der Waals surface area (Å²) in [6.45, 7) is 0. The second-order valence-electron chi connectivity index (χ2n) is 6.72. The molecule has 4 rings (SSSR count). The van der Waals surface area contributed by atoms with E-state index >= 15 is 0 Å². The highest BCUT2D eigenvalue weighted by Crippen LogP contribution is 2.34. The van der Waals surface area contributed by atoms with Crippen molar-refractivity contribution in [1.29, 1.82) is 0 Å². The van der Waals surface area contributed by atoms with Crippen LogP contribution in [0.3, 0.4) is 0 Å². The number of nitrogens with one attached hydrogen (secondary N) is 1. The van der Waals surface area contributed by atoms with Crippen molar-refractivity contribution in [3.63, 3.8) is 0 Å². The minimum Gasteiger partial charge on any atom is -0.319 e. The number of nitrogens with zero attached hydrogens (tertiary/aromatic N) is 1. The van der Waals surface area contributed by atoms with Crippen LogP contribution in [0, 0.1) is 23.3 Å². The number of halogens is 4. The fraction of sp³-hybridized carbons (Fsp3) is 0.0909. The summed E-state index contributed by atoms with van der Waals surface area (Å²) in [5.74, 6) is -8.20. The number of benzene rings is 3. The maximum atomic E-state index is 14.0. The zero-order chi connectivity index (χ0) is 21.4. The summed E-state index contributed by atoms with van der Waals surface area (Å²) in [4.78, 5) is 27.2. The van der Waals surface area contributed by atoms with Gasteiger partial charge in [-0.25, -0.2) is 17.6 Å². The average Bonchev–Trinajstić information content (AvgIpc) is 3.15. The first-order valence-electron chi connectivity index (χ1n) is 8.99. The van der Waals surface area contributed by atoms with Gasteiger partial charge in [0.25, 0.3) is 5.91 Å². The Morgan fingerprint density at radius 3 is 2.13 bits per heavy atom. The molecule has 1 aliphatic rings. The molecule has 0 aromatic heterocycles. The molecule has 1 unspecified atom stereocenters. The summed E-state index contributed by atoms with van der Waals surface area (Å²) >= 11 is 0. The molecule has 2 amide bonds. The Bertz CT molecular complexity index is 1130. The van der Waals surface area contributed by atoms with Gasteiger partial charge in [0.2, 0.25) is 5.91 Å². The van der Waals surface area contributed by atoms with E-state index < -0.39 is 46.8 Å². The van der Waals surface area contributed by atoms with Crippen molar-refractivity contribution in [1.82, 2.24) is 0 Å². The van der Waals surface area contributed by atoms with E-state index in [1.165, 1.54) is 4.90 Å². The second-order valence-corrected chi connectivity index (χ2v) is 6.72. The zero-order valence-electron chi connectivity index (χ0n) is 15.3. The minimum atomic E-state index is -1.72. The summed E-state index contributed by atoms with van der Waals surface area (Å²) in [6.07, 6.45) is 0.0710. The first kappa shape index (κ1) is 19.6. The fourth-order valence-electron chi connectivity index (χ4n) is 3.46. The number of fused-ring (bicyclic) bond motifs is 1. The molecule has 4 nitrogen and oxygen atoms in total. The van der Waals surface area contributed by atoms with Crippen molar-refractivity contribution in [2.45, 2.75) is 12.5 Å². The molecule has 30 heavy (non-hydrogen) atoms. The van der Waals surface area contributed by atoms with E-state index in [2.05, 4.69) is 0 Å². The Kier molecular flexibility index (Phi) is 4.99. The number of hydrogen-bond donors (Lipinski definition) is 1. The summed E-state index contributed by atoms with van der Waals surface area (Å²) in [5.41, 5.74) is 0.216. The van der Waals surface area contributed by atoms with Gasteiger partial charge in [-0.2, -0.15) is 0 Å². The number of amides is 2. The van der Waals surface area contributed by atoms with E-state index in [1.807, 2.05) is 5.32 Å². The lowest BCUT2D eigenvalue weighted by Gasteiger charge is -2.25. The molecule has 1 heterocycles. The Hall–Kier alpha value is -3.68. The SMILES string of the molecule is O=C(Nc1c(F)c(F)cc(F)c1F)C1Cc2ccccc2N1C(=O)c1ccccc1. The number of hydrogen-bond acceptors (Lipinski definition) is 2. The summed E-state index contributed by atoms with van der Waals surface area (Å²) in [6, 6.07) is 13.8. The Morgan fingerprint density at radius 2 is 1.47 bits per heavy atom. The van der Waals surface area contributed by atoms with Gasteiger partial charge in [0.05, 0.1) is 0 Å². The van der Waals surface area contributed by atoms with Crippen LogP contribution in [0.1, 0.15) is 15.9 Å². The maximum absolute atomic E-state index is 14.0. The molecule has 1 N–H and O–H groups in total. The largest absolute Gasteiger partial charge is 0.319 e. The normalized spacial score (nSPS) is 15.1. The van der Waals surface area contributed by atoms with E-state index in [0.717, 1.165) is 0 Å². The van der Waals surface area contributed by atoms with Crippen LogP contribution in [0.5, 0.6) is 0 Å². The number of carbonyl (C=O) groups is 2. The van der Waals surface area contributed by atoms with Crippen molar-refractivity contribution >= 4 is 23.2 Å². The lowest BCUT2D eigenvalue weighted by molar-refractivity contribution is -0.117. The zero-order valence-corrected chi connectivity index (χ0v) is 15.3. The van der Waals surface area contributed by atoms with Gasteiger partial charge in [-0.05, 0) is 23.8 Å². The molecule has 152 valence electrons. The Morgan fingerprint density at radius 1 is 0.867 bits per heavy atom. The summed E-state index contributed by atoms with van der Waals surface area (Å²) in [5, 5.41) is 1.91. The number of carbonyl (C=O) groups excluding carboxylic acids is 2. The van der Waals surface area contributed by atoms with Gasteiger partial charge < -0.3 is 5.32 Å². The van der Waals surface area contributed by atoms with Crippen LogP contribution in [0.25, 0.3) is 0 Å². The molecule has 8 heteroatoms.